The topological polar surface area (TPSA) is 60.9 Å². The summed E-state index contributed by atoms with van der Waals surface area (Å²) in [4.78, 5) is 20.4. The van der Waals surface area contributed by atoms with E-state index in [4.69, 9.17) is 15.0 Å². The van der Waals surface area contributed by atoms with Gasteiger partial charge in [-0.1, -0.05) is 102 Å². The summed E-state index contributed by atoms with van der Waals surface area (Å²) in [5.74, 6) is 0.684. The van der Waals surface area contributed by atoms with Gasteiger partial charge in [0.1, 0.15) is 11.3 Å². The predicted molar refractivity (Wildman–Crippen MR) is 244 cm³/mol. The van der Waals surface area contributed by atoms with Crippen molar-refractivity contribution in [1.82, 2.24) is 24.1 Å². The molecule has 1 unspecified atom stereocenters. The molecule has 0 radical (unpaired) electrons. The van der Waals surface area contributed by atoms with E-state index in [2.05, 4.69) is 187 Å². The number of benzene rings is 7. The lowest BCUT2D eigenvalue weighted by atomic mass is 9.72. The number of para-hydroxylation sites is 3. The Morgan fingerprint density at radius 2 is 1.22 bits per heavy atom. The fraction of sp³-hybridized carbons (Fsp3) is 0.0769. The molecule has 0 aliphatic carbocycles. The fourth-order valence-electron chi connectivity index (χ4n) is 9.52. The standard InChI is InChI=1S/C52H36N6S/c1-31-21-23-44-37(25-31)35-15-7-10-18-42(35)57(44)34-27-39(49-52(3,33-13-5-4-6-14-33)40-29-53-30-54-50(40)56-49)48(51-55-41-17-9-12-20-47(41)59-51)46(28-34)58-43-19-11-8-16-36(43)38-26-32(2)22-24-45(38)58/h4-30H,1-3H3. The Morgan fingerprint density at radius 3 is 1.95 bits per heavy atom. The Labute approximate surface area is 344 Å². The van der Waals surface area contributed by atoms with Crippen LogP contribution in [-0.4, -0.2) is 29.8 Å². The van der Waals surface area contributed by atoms with Gasteiger partial charge in [0.05, 0.1) is 49.1 Å². The van der Waals surface area contributed by atoms with Crippen molar-refractivity contribution in [3.05, 3.63) is 192 Å². The van der Waals surface area contributed by atoms with Crippen LogP contribution in [0, 0.1) is 13.8 Å². The number of aliphatic imine (C=N–C) groups is 1. The summed E-state index contributed by atoms with van der Waals surface area (Å²) in [6.07, 6.45) is 3.55. The SMILES string of the molecule is Cc1ccc2c(c1)c1ccccc1n2-c1cc(C2=Nc3ncncc3C2(C)c2ccccc2)c(-c2nc3ccccc3s2)c(-n2c3ccccc3c3cc(C)ccc32)c1. The van der Waals surface area contributed by atoms with Gasteiger partial charge in [-0.3, -0.25) is 0 Å². The molecule has 59 heavy (non-hydrogen) atoms. The van der Waals surface area contributed by atoms with Gasteiger partial charge in [-0.2, -0.15) is 0 Å². The van der Waals surface area contributed by atoms with E-state index in [0.717, 1.165) is 76.6 Å². The summed E-state index contributed by atoms with van der Waals surface area (Å²) in [5, 5.41) is 5.79. The molecule has 1 aliphatic heterocycles. The normalized spacial score (nSPS) is 15.2. The van der Waals surface area contributed by atoms with Crippen LogP contribution in [0.2, 0.25) is 0 Å². The molecule has 6 nitrogen and oxygen atoms in total. The van der Waals surface area contributed by atoms with E-state index >= 15 is 0 Å². The van der Waals surface area contributed by atoms with E-state index in [0.29, 0.717) is 5.82 Å². The zero-order valence-corrected chi connectivity index (χ0v) is 33.5. The summed E-state index contributed by atoms with van der Waals surface area (Å²) in [7, 11) is 0. The van der Waals surface area contributed by atoms with Crippen molar-refractivity contribution in [2.45, 2.75) is 26.2 Å². The molecule has 0 saturated carbocycles. The van der Waals surface area contributed by atoms with Gasteiger partial charge in [0.15, 0.2) is 5.82 Å². The van der Waals surface area contributed by atoms with Gasteiger partial charge in [0.25, 0.3) is 0 Å². The molecule has 11 aromatic rings. The first kappa shape index (κ1) is 33.9. The quantitative estimate of drug-likeness (QED) is 0.175. The molecule has 7 heteroatoms. The predicted octanol–water partition coefficient (Wildman–Crippen LogP) is 13.0. The zero-order chi connectivity index (χ0) is 39.4. The molecule has 0 N–H and O–H groups in total. The molecule has 0 saturated heterocycles. The van der Waals surface area contributed by atoms with Crippen molar-refractivity contribution in [2.75, 3.05) is 0 Å². The number of aromatic nitrogens is 5. The number of hydrogen-bond donors (Lipinski definition) is 0. The third-order valence-electron chi connectivity index (χ3n) is 12.3. The first-order chi connectivity index (χ1) is 29.0. The average molecular weight is 777 g/mol. The maximum absolute atomic E-state index is 5.53. The Bertz CT molecular complexity index is 3520. The molecule has 1 atom stereocenters. The summed E-state index contributed by atoms with van der Waals surface area (Å²) in [6, 6.07) is 55.0. The molecular weight excluding hydrogens is 741 g/mol. The molecular formula is C52H36N6S. The minimum atomic E-state index is -0.685. The van der Waals surface area contributed by atoms with Crippen LogP contribution in [0.1, 0.15) is 34.7 Å². The number of rotatable bonds is 5. The van der Waals surface area contributed by atoms with Crippen LogP contribution in [0.15, 0.2) is 169 Å². The van der Waals surface area contributed by atoms with Gasteiger partial charge in [0.2, 0.25) is 0 Å². The van der Waals surface area contributed by atoms with Crippen molar-refractivity contribution >= 4 is 76.7 Å². The highest BCUT2D eigenvalue weighted by Gasteiger charge is 2.44. The molecule has 7 aromatic carbocycles. The smallest absolute Gasteiger partial charge is 0.160 e. The molecule has 12 rings (SSSR count). The minimum absolute atomic E-state index is 0.684. The lowest BCUT2D eigenvalue weighted by molar-refractivity contribution is 0.784. The second kappa shape index (κ2) is 12.6. The van der Waals surface area contributed by atoms with Crippen LogP contribution in [0.25, 0.3) is 75.8 Å². The van der Waals surface area contributed by atoms with Gasteiger partial charge in [-0.25, -0.2) is 19.9 Å². The zero-order valence-electron chi connectivity index (χ0n) is 32.7. The lowest BCUT2D eigenvalue weighted by Gasteiger charge is -2.30. The van der Waals surface area contributed by atoms with Crippen molar-refractivity contribution in [2.24, 2.45) is 4.99 Å². The molecule has 0 amide bonds. The number of thiazole rings is 1. The van der Waals surface area contributed by atoms with Crippen LogP contribution in [0.3, 0.4) is 0 Å². The van der Waals surface area contributed by atoms with E-state index < -0.39 is 5.41 Å². The van der Waals surface area contributed by atoms with Crippen LogP contribution in [0.4, 0.5) is 5.82 Å². The van der Waals surface area contributed by atoms with Crippen molar-refractivity contribution in [1.29, 1.82) is 0 Å². The Hall–Kier alpha value is -7.22. The van der Waals surface area contributed by atoms with E-state index in [1.54, 1.807) is 17.7 Å². The van der Waals surface area contributed by atoms with E-state index in [-0.39, 0.29) is 0 Å². The van der Waals surface area contributed by atoms with Crippen molar-refractivity contribution in [3.63, 3.8) is 0 Å². The molecule has 0 spiro atoms. The van der Waals surface area contributed by atoms with Gasteiger partial charge >= 0.3 is 0 Å². The summed E-state index contributed by atoms with van der Waals surface area (Å²) >= 11 is 1.72. The second-order valence-electron chi connectivity index (χ2n) is 15.8. The van der Waals surface area contributed by atoms with Gasteiger partial charge in [-0.15, -0.1) is 11.3 Å². The molecule has 1 aliphatic rings. The molecule has 4 aromatic heterocycles. The third-order valence-corrected chi connectivity index (χ3v) is 13.3. The Kier molecular flexibility index (Phi) is 7.26. The summed E-state index contributed by atoms with van der Waals surface area (Å²) in [6.45, 7) is 6.61. The molecule has 0 fully saturated rings. The van der Waals surface area contributed by atoms with Crippen molar-refractivity contribution < 1.29 is 0 Å². The Morgan fingerprint density at radius 1 is 0.593 bits per heavy atom. The largest absolute Gasteiger partial charge is 0.309 e. The Balaban J connectivity index is 1.30. The van der Waals surface area contributed by atoms with E-state index in [1.165, 1.54) is 32.7 Å². The van der Waals surface area contributed by atoms with Gasteiger partial charge in [-0.05, 0) is 87.0 Å². The van der Waals surface area contributed by atoms with Gasteiger partial charge in [0, 0.05) is 50.1 Å². The molecule has 280 valence electrons. The number of fused-ring (bicyclic) bond motifs is 8. The maximum atomic E-state index is 5.53. The van der Waals surface area contributed by atoms with Crippen molar-refractivity contribution in [3.8, 4) is 21.9 Å². The summed E-state index contributed by atoms with van der Waals surface area (Å²) < 4.78 is 6.02. The van der Waals surface area contributed by atoms with Crippen LogP contribution >= 0.6 is 11.3 Å². The van der Waals surface area contributed by atoms with E-state index in [9.17, 15) is 0 Å². The monoisotopic (exact) mass is 776 g/mol. The minimum Gasteiger partial charge on any atom is -0.309 e. The second-order valence-corrected chi connectivity index (χ2v) is 16.9. The first-order valence-corrected chi connectivity index (χ1v) is 20.8. The van der Waals surface area contributed by atoms with E-state index in [1.807, 2.05) is 6.20 Å². The average Bonchev–Trinajstić information content (AvgIpc) is 4.02. The first-order valence-electron chi connectivity index (χ1n) is 20.0. The number of hydrogen-bond acceptors (Lipinski definition) is 5. The van der Waals surface area contributed by atoms with Crippen LogP contribution in [-0.2, 0) is 5.41 Å². The highest BCUT2D eigenvalue weighted by Crippen LogP contribution is 2.50. The van der Waals surface area contributed by atoms with Gasteiger partial charge < -0.3 is 9.13 Å². The maximum Gasteiger partial charge on any atom is 0.160 e. The number of aryl methyl sites for hydroxylation is 2. The lowest BCUT2D eigenvalue weighted by Crippen LogP contribution is -2.32. The number of nitrogens with zero attached hydrogens (tertiary/aromatic N) is 6. The van der Waals surface area contributed by atoms with Crippen LogP contribution in [0.5, 0.6) is 0 Å². The molecule has 5 heterocycles. The van der Waals surface area contributed by atoms with Crippen LogP contribution < -0.4 is 0 Å². The third kappa shape index (κ3) is 4.92. The highest BCUT2D eigenvalue weighted by molar-refractivity contribution is 7.21. The fourth-order valence-corrected chi connectivity index (χ4v) is 10.6. The summed E-state index contributed by atoms with van der Waals surface area (Å²) in [5.41, 5.74) is 14.4. The molecule has 0 bridgehead atoms. The highest BCUT2D eigenvalue weighted by atomic mass is 32.1.